The van der Waals surface area contributed by atoms with E-state index >= 15 is 0 Å². The summed E-state index contributed by atoms with van der Waals surface area (Å²) < 4.78 is 36.2. The van der Waals surface area contributed by atoms with E-state index in [-0.39, 0.29) is 11.1 Å². The summed E-state index contributed by atoms with van der Waals surface area (Å²) in [6, 6.07) is 3.53. The zero-order chi connectivity index (χ0) is 14.6. The summed E-state index contributed by atoms with van der Waals surface area (Å²) in [6.45, 7) is -0.742. The Morgan fingerprint density at radius 1 is 1.21 bits per heavy atom. The molecule has 0 aliphatic rings. The summed E-state index contributed by atoms with van der Waals surface area (Å²) >= 11 is 0. The average molecular weight is 277 g/mol. The van der Waals surface area contributed by atoms with E-state index in [0.717, 1.165) is 0 Å². The van der Waals surface area contributed by atoms with E-state index in [1.807, 2.05) is 0 Å². The van der Waals surface area contributed by atoms with E-state index in [4.69, 9.17) is 10.2 Å². The van der Waals surface area contributed by atoms with Crippen molar-refractivity contribution in [2.75, 3.05) is 6.61 Å². The van der Waals surface area contributed by atoms with Gasteiger partial charge in [0.15, 0.2) is 0 Å². The maximum absolute atomic E-state index is 12.1. The lowest BCUT2D eigenvalue weighted by Gasteiger charge is -2.17. The molecule has 1 atom stereocenters. The lowest BCUT2D eigenvalue weighted by atomic mass is 10.1. The molecule has 8 heteroatoms. The van der Waals surface area contributed by atoms with E-state index in [1.54, 1.807) is 5.32 Å². The van der Waals surface area contributed by atoms with Gasteiger partial charge in [-0.3, -0.25) is 4.79 Å². The second-order valence-electron chi connectivity index (χ2n) is 3.63. The smallest absolute Gasteiger partial charge is 0.471 e. The first-order valence-electron chi connectivity index (χ1n) is 5.07. The molecule has 0 bridgehead atoms. The lowest BCUT2D eigenvalue weighted by Crippen LogP contribution is -2.40. The van der Waals surface area contributed by atoms with E-state index < -0.39 is 30.7 Å². The molecule has 1 rings (SSSR count). The molecule has 3 N–H and O–H groups in total. The lowest BCUT2D eigenvalue weighted by molar-refractivity contribution is -0.174. The van der Waals surface area contributed by atoms with E-state index in [0.29, 0.717) is 0 Å². The molecule has 104 valence electrons. The van der Waals surface area contributed by atoms with Crippen LogP contribution in [0.25, 0.3) is 0 Å². The fourth-order valence-corrected chi connectivity index (χ4v) is 1.33. The second kappa shape index (κ2) is 5.70. The van der Waals surface area contributed by atoms with Crippen LogP contribution in [0.2, 0.25) is 0 Å². The first-order valence-corrected chi connectivity index (χ1v) is 5.07. The number of aliphatic hydroxyl groups is 1. The largest absolute Gasteiger partial charge is 0.478 e. The Morgan fingerprint density at radius 2 is 1.74 bits per heavy atom. The van der Waals surface area contributed by atoms with Crippen LogP contribution >= 0.6 is 0 Å². The highest BCUT2D eigenvalue weighted by Gasteiger charge is 2.39. The standard InChI is InChI=1S/C11H10F3NO4/c12-11(13,14)10(19)15-8(5-16)6-1-3-7(4-2-6)9(17)18/h1-4,8,16H,5H2,(H,15,19)(H,17,18). The highest BCUT2D eigenvalue weighted by Crippen LogP contribution is 2.19. The normalized spacial score (nSPS) is 12.8. The third kappa shape index (κ3) is 3.95. The number of rotatable bonds is 4. The predicted molar refractivity (Wildman–Crippen MR) is 57.4 cm³/mol. The molecule has 19 heavy (non-hydrogen) atoms. The molecule has 0 spiro atoms. The third-order valence-electron chi connectivity index (χ3n) is 2.31. The summed E-state index contributed by atoms with van der Waals surface area (Å²) in [7, 11) is 0. The van der Waals surface area contributed by atoms with Crippen LogP contribution in [0.5, 0.6) is 0 Å². The number of carboxylic acid groups (broad SMARTS) is 1. The SMILES string of the molecule is O=C(O)c1ccc(C(CO)NC(=O)C(F)(F)F)cc1. The minimum Gasteiger partial charge on any atom is -0.478 e. The fourth-order valence-electron chi connectivity index (χ4n) is 1.33. The average Bonchev–Trinajstić information content (AvgIpc) is 2.34. The Hall–Kier alpha value is -2.09. The topological polar surface area (TPSA) is 86.6 Å². The van der Waals surface area contributed by atoms with E-state index in [1.165, 1.54) is 24.3 Å². The van der Waals surface area contributed by atoms with Gasteiger partial charge in [0, 0.05) is 0 Å². The number of aliphatic hydroxyl groups excluding tert-OH is 1. The van der Waals surface area contributed by atoms with Crippen molar-refractivity contribution in [3.05, 3.63) is 35.4 Å². The Labute approximate surface area is 105 Å². The molecule has 0 radical (unpaired) electrons. The number of carboxylic acids is 1. The number of amides is 1. The molecule has 1 aromatic rings. The van der Waals surface area contributed by atoms with Crippen LogP contribution in [0.1, 0.15) is 22.0 Å². The number of halogens is 3. The summed E-state index contributed by atoms with van der Waals surface area (Å²) in [4.78, 5) is 21.3. The second-order valence-corrected chi connectivity index (χ2v) is 3.63. The van der Waals surface area contributed by atoms with Crippen molar-refractivity contribution in [1.82, 2.24) is 5.32 Å². The van der Waals surface area contributed by atoms with Gasteiger partial charge in [-0.15, -0.1) is 0 Å². The number of carbonyl (C=O) groups excluding carboxylic acids is 1. The highest BCUT2D eigenvalue weighted by atomic mass is 19.4. The Balaban J connectivity index is 2.86. The minimum atomic E-state index is -5.05. The van der Waals surface area contributed by atoms with Crippen molar-refractivity contribution in [3.63, 3.8) is 0 Å². The number of carbonyl (C=O) groups is 2. The summed E-state index contributed by atoms with van der Waals surface area (Å²) in [5.74, 6) is -3.36. The molecule has 0 saturated carbocycles. The number of hydrogen-bond acceptors (Lipinski definition) is 3. The van der Waals surface area contributed by atoms with Crippen LogP contribution in [0.4, 0.5) is 13.2 Å². The quantitative estimate of drug-likeness (QED) is 0.769. The van der Waals surface area contributed by atoms with Crippen molar-refractivity contribution in [1.29, 1.82) is 0 Å². The van der Waals surface area contributed by atoms with Gasteiger partial charge in [0.25, 0.3) is 0 Å². The molecule has 1 amide bonds. The number of alkyl halides is 3. The minimum absolute atomic E-state index is 0.0532. The molecule has 0 fully saturated rings. The molecule has 1 unspecified atom stereocenters. The Kier molecular flexibility index (Phi) is 4.49. The van der Waals surface area contributed by atoms with E-state index in [9.17, 15) is 22.8 Å². The number of aromatic carboxylic acids is 1. The van der Waals surface area contributed by atoms with Crippen molar-refractivity contribution < 1.29 is 33.0 Å². The van der Waals surface area contributed by atoms with Crippen LogP contribution in [0.15, 0.2) is 24.3 Å². The first kappa shape index (κ1) is 15.0. The summed E-state index contributed by atoms with van der Waals surface area (Å²) in [6.07, 6.45) is -5.05. The molecule has 0 aliphatic heterocycles. The Bertz CT molecular complexity index is 470. The molecule has 0 aliphatic carbocycles. The third-order valence-corrected chi connectivity index (χ3v) is 2.31. The number of benzene rings is 1. The molecule has 0 saturated heterocycles. The van der Waals surface area contributed by atoms with Gasteiger partial charge in [-0.1, -0.05) is 12.1 Å². The van der Waals surface area contributed by atoms with E-state index in [2.05, 4.69) is 0 Å². The molecule has 0 aromatic heterocycles. The fraction of sp³-hybridized carbons (Fsp3) is 0.273. The Morgan fingerprint density at radius 3 is 2.11 bits per heavy atom. The van der Waals surface area contributed by atoms with Gasteiger partial charge in [0.2, 0.25) is 0 Å². The number of nitrogens with one attached hydrogen (secondary N) is 1. The predicted octanol–water partition coefficient (Wildman–Crippen LogP) is 1.10. The molecule has 5 nitrogen and oxygen atoms in total. The van der Waals surface area contributed by atoms with Crippen molar-refractivity contribution in [3.8, 4) is 0 Å². The van der Waals surface area contributed by atoms with Gasteiger partial charge in [-0.05, 0) is 17.7 Å². The highest BCUT2D eigenvalue weighted by molar-refractivity contribution is 5.87. The van der Waals surface area contributed by atoms with Crippen LogP contribution in [0, 0.1) is 0 Å². The molecule has 1 aromatic carbocycles. The number of hydrogen-bond donors (Lipinski definition) is 3. The summed E-state index contributed by atoms with van der Waals surface area (Å²) in [5.41, 5.74) is 0.118. The van der Waals surface area contributed by atoms with Crippen molar-refractivity contribution >= 4 is 11.9 Å². The monoisotopic (exact) mass is 277 g/mol. The van der Waals surface area contributed by atoms with Gasteiger partial charge in [-0.2, -0.15) is 13.2 Å². The van der Waals surface area contributed by atoms with Gasteiger partial charge >= 0.3 is 18.1 Å². The molecule has 0 heterocycles. The van der Waals surface area contributed by atoms with Crippen molar-refractivity contribution in [2.45, 2.75) is 12.2 Å². The van der Waals surface area contributed by atoms with Crippen LogP contribution in [-0.2, 0) is 4.79 Å². The van der Waals surface area contributed by atoms with Crippen molar-refractivity contribution in [2.24, 2.45) is 0 Å². The summed E-state index contributed by atoms with van der Waals surface area (Å²) in [5, 5.41) is 19.2. The van der Waals surface area contributed by atoms with Crippen LogP contribution in [0.3, 0.4) is 0 Å². The zero-order valence-electron chi connectivity index (χ0n) is 9.44. The maximum atomic E-state index is 12.1. The first-order chi connectivity index (χ1) is 8.75. The van der Waals surface area contributed by atoms with Crippen LogP contribution in [-0.4, -0.2) is 34.9 Å². The maximum Gasteiger partial charge on any atom is 0.471 e. The van der Waals surface area contributed by atoms with Gasteiger partial charge in [0.05, 0.1) is 18.2 Å². The zero-order valence-corrected chi connectivity index (χ0v) is 9.44. The van der Waals surface area contributed by atoms with Gasteiger partial charge in [-0.25, -0.2) is 4.79 Å². The molecular weight excluding hydrogens is 267 g/mol. The molecular formula is C11H10F3NO4. The van der Waals surface area contributed by atoms with Crippen LogP contribution < -0.4 is 5.32 Å². The van der Waals surface area contributed by atoms with Gasteiger partial charge in [0.1, 0.15) is 0 Å². The van der Waals surface area contributed by atoms with Gasteiger partial charge < -0.3 is 15.5 Å².